The van der Waals surface area contributed by atoms with Crippen molar-refractivity contribution in [1.82, 2.24) is 0 Å². The van der Waals surface area contributed by atoms with Crippen molar-refractivity contribution >= 4 is 5.97 Å². The second kappa shape index (κ2) is 10.6. The molecule has 3 nitrogen and oxygen atoms in total. The molecule has 0 saturated heterocycles. The predicted molar refractivity (Wildman–Crippen MR) is 156 cm³/mol. The van der Waals surface area contributed by atoms with Crippen LogP contribution in [0.3, 0.4) is 0 Å². The quantitative estimate of drug-likeness (QED) is 0.228. The molecule has 0 aromatic heterocycles. The molecule has 0 N–H and O–H groups in total. The van der Waals surface area contributed by atoms with Gasteiger partial charge in [-0.3, -0.25) is 4.79 Å². The fraction of sp³-hybridized carbons (Fsp3) is 0.972. The normalized spacial score (nSPS) is 50.6. The van der Waals surface area contributed by atoms with Crippen LogP contribution in [-0.4, -0.2) is 18.9 Å². The van der Waals surface area contributed by atoms with Crippen molar-refractivity contribution in [1.29, 1.82) is 0 Å². The van der Waals surface area contributed by atoms with Gasteiger partial charge in [-0.05, 0) is 166 Å². The predicted octanol–water partition coefficient (Wildman–Crippen LogP) is 9.18. The second-order valence-corrected chi connectivity index (χ2v) is 16.7. The highest BCUT2D eigenvalue weighted by atomic mass is 16.7. The minimum absolute atomic E-state index is 0.0421. The summed E-state index contributed by atoms with van der Waals surface area (Å²) < 4.78 is 11.8. The summed E-state index contributed by atoms with van der Waals surface area (Å²) in [4.78, 5) is 12.6. The molecule has 8 atom stereocenters. The van der Waals surface area contributed by atoms with Gasteiger partial charge in [-0.1, -0.05) is 33.6 Å². The number of ether oxygens (including phenoxy) is 2. The molecular weight excluding hydrogens is 480 g/mol. The van der Waals surface area contributed by atoms with E-state index in [2.05, 4.69) is 20.8 Å². The summed E-state index contributed by atoms with van der Waals surface area (Å²) in [5.74, 6) is 8.86. The Kier molecular flexibility index (Phi) is 7.42. The summed E-state index contributed by atoms with van der Waals surface area (Å²) in [7, 11) is 0. The van der Waals surface area contributed by atoms with Gasteiger partial charge in [0, 0.05) is 6.42 Å². The third-order valence-corrected chi connectivity index (χ3v) is 15.0. The molecule has 8 aliphatic carbocycles. The molecule has 0 amide bonds. The molecule has 4 bridgehead atoms. The smallest absolute Gasteiger partial charge is 0.307 e. The van der Waals surface area contributed by atoms with Gasteiger partial charge in [-0.25, -0.2) is 0 Å². The van der Waals surface area contributed by atoms with Crippen LogP contribution in [-0.2, 0) is 14.3 Å². The Bertz CT molecular complexity index is 870. The lowest BCUT2D eigenvalue weighted by Gasteiger charge is -2.61. The van der Waals surface area contributed by atoms with Crippen LogP contribution >= 0.6 is 0 Å². The first kappa shape index (κ1) is 27.3. The number of carbonyl (C=O) groups is 1. The van der Waals surface area contributed by atoms with Crippen molar-refractivity contribution in [3.8, 4) is 0 Å². The van der Waals surface area contributed by atoms with Crippen molar-refractivity contribution in [2.75, 3.05) is 6.79 Å². The zero-order valence-corrected chi connectivity index (χ0v) is 25.5. The number of hydrogen-bond donors (Lipinski definition) is 0. The van der Waals surface area contributed by atoms with Gasteiger partial charge in [-0.15, -0.1) is 0 Å². The molecule has 3 heteroatoms. The molecule has 0 radical (unpaired) electrons. The van der Waals surface area contributed by atoms with Crippen LogP contribution in [0.4, 0.5) is 0 Å². The highest BCUT2D eigenvalue weighted by Crippen LogP contribution is 2.68. The minimum atomic E-state index is -0.0421. The minimum Gasteiger partial charge on any atom is -0.438 e. The molecule has 0 heterocycles. The van der Waals surface area contributed by atoms with Gasteiger partial charge in [-0.2, -0.15) is 0 Å². The second-order valence-electron chi connectivity index (χ2n) is 16.7. The van der Waals surface area contributed by atoms with E-state index < -0.39 is 0 Å². The van der Waals surface area contributed by atoms with Crippen molar-refractivity contribution in [2.45, 2.75) is 142 Å². The van der Waals surface area contributed by atoms with Gasteiger partial charge in [0.25, 0.3) is 0 Å². The Balaban J connectivity index is 0.866. The van der Waals surface area contributed by atoms with E-state index in [1.165, 1.54) is 103 Å². The van der Waals surface area contributed by atoms with E-state index in [1.807, 2.05) is 0 Å². The van der Waals surface area contributed by atoms with Crippen molar-refractivity contribution < 1.29 is 14.3 Å². The zero-order chi connectivity index (χ0) is 26.8. The molecule has 8 aliphatic rings. The van der Waals surface area contributed by atoms with Crippen LogP contribution in [0.5, 0.6) is 0 Å². The third kappa shape index (κ3) is 4.75. The van der Waals surface area contributed by atoms with Crippen LogP contribution in [0, 0.1) is 70.0 Å². The number of esters is 1. The molecule has 8 rings (SSSR count). The van der Waals surface area contributed by atoms with Gasteiger partial charge >= 0.3 is 5.97 Å². The molecular formula is C36H58O3. The first-order chi connectivity index (χ1) is 18.8. The van der Waals surface area contributed by atoms with Crippen LogP contribution in [0.15, 0.2) is 0 Å². The summed E-state index contributed by atoms with van der Waals surface area (Å²) in [6.07, 6.45) is 24.8. The molecule has 0 aliphatic heterocycles. The van der Waals surface area contributed by atoms with E-state index in [4.69, 9.17) is 9.47 Å². The van der Waals surface area contributed by atoms with Crippen LogP contribution in [0.2, 0.25) is 0 Å². The number of hydrogen-bond acceptors (Lipinski definition) is 3. The van der Waals surface area contributed by atoms with Gasteiger partial charge in [0.1, 0.15) is 0 Å². The Morgan fingerprint density at radius 3 is 2.33 bits per heavy atom. The fourth-order valence-electron chi connectivity index (χ4n) is 13.4. The van der Waals surface area contributed by atoms with Gasteiger partial charge in [0.05, 0.1) is 6.10 Å². The standard InChI is InChI=1S/C36H58O3/c1-23(7-6-9-33(37)38-22-39-34-26-18-24-17-25(20-26)21-27(34)19-24)30-12-13-31-29-11-10-28-8-4-5-15-35(28,2)32(29)14-16-36(30,31)3/h23-32,34H,4-22H2,1-3H3/t23?,24?,25?,26?,27?,28?,29?,30?,31?,32?,34?,35-,36+/m0/s1. The third-order valence-electron chi connectivity index (χ3n) is 15.0. The summed E-state index contributed by atoms with van der Waals surface area (Å²) in [5, 5.41) is 0. The monoisotopic (exact) mass is 538 g/mol. The molecule has 39 heavy (non-hydrogen) atoms. The van der Waals surface area contributed by atoms with Gasteiger partial charge < -0.3 is 9.47 Å². The zero-order valence-electron chi connectivity index (χ0n) is 25.5. The van der Waals surface area contributed by atoms with Crippen molar-refractivity contribution in [2.24, 2.45) is 70.0 Å². The summed E-state index contributed by atoms with van der Waals surface area (Å²) in [5.41, 5.74) is 1.18. The lowest BCUT2D eigenvalue weighted by atomic mass is 9.44. The first-order valence-corrected chi connectivity index (χ1v) is 17.6. The molecule has 6 unspecified atom stereocenters. The Morgan fingerprint density at radius 1 is 0.821 bits per heavy atom. The molecule has 0 spiro atoms. The highest BCUT2D eigenvalue weighted by Gasteiger charge is 2.60. The lowest BCUT2D eigenvalue weighted by Crippen LogP contribution is -2.53. The van der Waals surface area contributed by atoms with E-state index in [9.17, 15) is 4.79 Å². The van der Waals surface area contributed by atoms with Gasteiger partial charge in [0.15, 0.2) is 6.79 Å². The van der Waals surface area contributed by atoms with Crippen LogP contribution < -0.4 is 0 Å². The van der Waals surface area contributed by atoms with E-state index in [0.29, 0.717) is 23.4 Å². The van der Waals surface area contributed by atoms with Crippen LogP contribution in [0.1, 0.15) is 136 Å². The molecule has 8 fully saturated rings. The lowest BCUT2D eigenvalue weighted by molar-refractivity contribution is -0.186. The highest BCUT2D eigenvalue weighted by molar-refractivity contribution is 5.69. The molecule has 220 valence electrons. The molecule has 8 saturated carbocycles. The maximum Gasteiger partial charge on any atom is 0.307 e. The number of rotatable bonds is 8. The average Bonchev–Trinajstić information content (AvgIpc) is 3.27. The maximum absolute atomic E-state index is 12.6. The summed E-state index contributed by atoms with van der Waals surface area (Å²) in [6, 6.07) is 0. The summed E-state index contributed by atoms with van der Waals surface area (Å²) in [6.45, 7) is 8.09. The van der Waals surface area contributed by atoms with Crippen molar-refractivity contribution in [3.05, 3.63) is 0 Å². The fourth-order valence-corrected chi connectivity index (χ4v) is 13.4. The first-order valence-electron chi connectivity index (χ1n) is 17.6. The summed E-state index contributed by atoms with van der Waals surface area (Å²) >= 11 is 0. The van der Waals surface area contributed by atoms with Gasteiger partial charge in [0.2, 0.25) is 0 Å². The van der Waals surface area contributed by atoms with Crippen LogP contribution in [0.25, 0.3) is 0 Å². The Morgan fingerprint density at radius 2 is 1.56 bits per heavy atom. The van der Waals surface area contributed by atoms with E-state index in [1.54, 1.807) is 0 Å². The SMILES string of the molecule is CC(CCCC(=O)OCOC1C2CC3CC(C2)CC1C3)C1CCC2C3CCC4CCCC[C@]4(C)C3CC[C@]12C. The maximum atomic E-state index is 12.6. The number of carbonyl (C=O) groups excluding carboxylic acids is 1. The van der Waals surface area contributed by atoms with Crippen molar-refractivity contribution in [3.63, 3.8) is 0 Å². The topological polar surface area (TPSA) is 35.5 Å². The average molecular weight is 539 g/mol. The Hall–Kier alpha value is -0.570. The largest absolute Gasteiger partial charge is 0.438 e. The molecule has 0 aromatic rings. The van der Waals surface area contributed by atoms with E-state index in [0.717, 1.165) is 65.6 Å². The molecule has 0 aromatic carbocycles. The van der Waals surface area contributed by atoms with E-state index in [-0.39, 0.29) is 12.8 Å². The Labute approximate surface area is 239 Å². The van der Waals surface area contributed by atoms with E-state index >= 15 is 0 Å². The number of fused-ring (bicyclic) bond motifs is 5.